The quantitative estimate of drug-likeness (QED) is 0.428. The van der Waals surface area contributed by atoms with Gasteiger partial charge >= 0.3 is 51.3 Å². The summed E-state index contributed by atoms with van der Waals surface area (Å²) >= 11 is -3.91. The molecule has 0 heterocycles. The summed E-state index contributed by atoms with van der Waals surface area (Å²) in [6, 6.07) is 0. The van der Waals surface area contributed by atoms with E-state index in [1.807, 2.05) is 0 Å². The Morgan fingerprint density at radius 1 is 0.952 bits per heavy atom. The summed E-state index contributed by atoms with van der Waals surface area (Å²) in [7, 11) is 0. The van der Waals surface area contributed by atoms with Gasteiger partial charge in [0.05, 0.1) is 0 Å². The molecule has 1 aliphatic carbocycles. The van der Waals surface area contributed by atoms with Crippen LogP contribution in [0.5, 0.6) is 0 Å². The summed E-state index contributed by atoms with van der Waals surface area (Å²) in [4.78, 5) is 0. The van der Waals surface area contributed by atoms with Gasteiger partial charge in [0.15, 0.2) is 0 Å². The van der Waals surface area contributed by atoms with E-state index in [0.717, 1.165) is 0 Å². The topological polar surface area (TPSA) is 60.7 Å². The first-order valence-electron chi connectivity index (χ1n) is 6.60. The van der Waals surface area contributed by atoms with E-state index in [1.165, 1.54) is 6.08 Å². The van der Waals surface area contributed by atoms with Crippen molar-refractivity contribution in [2.75, 3.05) is 0 Å². The Hall–Kier alpha value is 0.646. The predicted molar refractivity (Wildman–Crippen MR) is 81.9 cm³/mol. The number of allylic oxidation sites excluding steroid dienone is 4. The number of rotatable bonds is 1. The summed E-state index contributed by atoms with van der Waals surface area (Å²) in [5, 5.41) is 24.2. The Kier molecular flexibility index (Phi) is 29.1. The second-order valence-corrected chi connectivity index (χ2v) is 7.39. The second kappa shape index (κ2) is 20.6. The Morgan fingerprint density at radius 2 is 1.24 bits per heavy atom. The zero-order valence-corrected chi connectivity index (χ0v) is 18.6. The third-order valence-electron chi connectivity index (χ3n) is 0.957. The number of aliphatic hydroxyl groups excluding tert-OH is 3. The molecular formula is C14H29F2GeO3Zr-. The SMILES string of the molecule is CC(C)O.CC(C)O.CC(C)O.[F][GeH]([F])[C]1=[C-]CC=C1.[Zr]. The first-order chi connectivity index (χ1) is 9.00. The monoisotopic (exact) mass is 447 g/mol. The molecule has 0 aromatic rings. The first-order valence-corrected chi connectivity index (χ1v) is 9.64. The first kappa shape index (κ1) is 29.6. The van der Waals surface area contributed by atoms with E-state index in [1.54, 1.807) is 47.6 Å². The average molecular weight is 447 g/mol. The van der Waals surface area contributed by atoms with Crippen LogP contribution in [-0.4, -0.2) is 48.9 Å². The van der Waals surface area contributed by atoms with Gasteiger partial charge in [0.2, 0.25) is 0 Å². The molecule has 0 aromatic carbocycles. The molecule has 0 saturated heterocycles. The van der Waals surface area contributed by atoms with Gasteiger partial charge in [-0.25, -0.2) is 0 Å². The van der Waals surface area contributed by atoms with Gasteiger partial charge in [-0.3, -0.25) is 0 Å². The van der Waals surface area contributed by atoms with Crippen molar-refractivity contribution in [1.29, 1.82) is 0 Å². The minimum Gasteiger partial charge on any atom is 0 e. The van der Waals surface area contributed by atoms with Gasteiger partial charge in [-0.2, -0.15) is 0 Å². The number of hydrogen-bond donors (Lipinski definition) is 3. The summed E-state index contributed by atoms with van der Waals surface area (Å²) < 4.78 is 23.8. The van der Waals surface area contributed by atoms with E-state index < -0.39 is 15.3 Å². The zero-order chi connectivity index (χ0) is 16.7. The summed E-state index contributed by atoms with van der Waals surface area (Å²) in [5.41, 5.74) is 0. The molecule has 126 valence electrons. The molecule has 3 nitrogen and oxygen atoms in total. The molecule has 0 bridgehead atoms. The van der Waals surface area contributed by atoms with Crippen LogP contribution < -0.4 is 0 Å². The third-order valence-corrected chi connectivity index (χ3v) is 2.78. The van der Waals surface area contributed by atoms with Crippen molar-refractivity contribution >= 4 is 15.3 Å². The molecule has 0 amide bonds. The molecule has 0 unspecified atom stereocenters. The van der Waals surface area contributed by atoms with Crippen LogP contribution >= 0.6 is 0 Å². The molecule has 0 aromatic heterocycles. The molecule has 0 saturated carbocycles. The van der Waals surface area contributed by atoms with Crippen molar-refractivity contribution in [1.82, 2.24) is 0 Å². The van der Waals surface area contributed by atoms with Crippen molar-refractivity contribution in [2.45, 2.75) is 66.3 Å². The third kappa shape index (κ3) is 52.9. The normalized spacial score (nSPS) is 11.9. The number of hydrogen-bond acceptors (Lipinski definition) is 3. The number of halogens is 2. The van der Waals surface area contributed by atoms with Crippen LogP contribution in [0.15, 0.2) is 16.6 Å². The van der Waals surface area contributed by atoms with Crippen molar-refractivity contribution in [3.8, 4) is 0 Å². The average Bonchev–Trinajstić information content (AvgIpc) is 2.66. The fraction of sp³-hybridized carbons (Fsp3) is 0.714. The summed E-state index contributed by atoms with van der Waals surface area (Å²) in [6.45, 7) is 10.3. The fourth-order valence-electron chi connectivity index (χ4n) is 0.571. The van der Waals surface area contributed by atoms with Crippen molar-refractivity contribution in [3.63, 3.8) is 0 Å². The van der Waals surface area contributed by atoms with E-state index >= 15 is 0 Å². The Balaban J connectivity index is -0.0000000973. The smallest absolute Gasteiger partial charge is 0 e. The molecule has 1 aliphatic rings. The van der Waals surface area contributed by atoms with E-state index in [-0.39, 0.29) is 48.9 Å². The molecule has 21 heavy (non-hydrogen) atoms. The maximum absolute atomic E-state index is 11.8. The van der Waals surface area contributed by atoms with Gasteiger partial charge in [0.1, 0.15) is 0 Å². The summed E-state index contributed by atoms with van der Waals surface area (Å²) in [6.07, 6.45) is 5.89. The van der Waals surface area contributed by atoms with Crippen LogP contribution in [0.4, 0.5) is 7.00 Å². The van der Waals surface area contributed by atoms with E-state index in [9.17, 15) is 7.00 Å². The second-order valence-electron chi connectivity index (χ2n) is 4.82. The molecule has 0 aliphatic heterocycles. The largest absolute Gasteiger partial charge is 0 e. The van der Waals surface area contributed by atoms with Crippen LogP contribution in [0.2, 0.25) is 0 Å². The van der Waals surface area contributed by atoms with E-state index in [4.69, 9.17) is 15.3 Å². The van der Waals surface area contributed by atoms with Crippen LogP contribution in [0.3, 0.4) is 0 Å². The predicted octanol–water partition coefficient (Wildman–Crippen LogP) is 2.53. The van der Waals surface area contributed by atoms with Gasteiger partial charge in [-0.1, -0.05) is 0 Å². The van der Waals surface area contributed by atoms with Crippen molar-refractivity contribution in [3.05, 3.63) is 22.6 Å². The minimum absolute atomic E-state index is 0. The molecule has 0 fully saturated rings. The molecule has 0 radical (unpaired) electrons. The van der Waals surface area contributed by atoms with Gasteiger partial charge in [0.25, 0.3) is 0 Å². The molecule has 7 heteroatoms. The molecular weight excluding hydrogens is 418 g/mol. The molecule has 0 atom stereocenters. The zero-order valence-electron chi connectivity index (χ0n) is 13.8. The minimum atomic E-state index is -3.91. The Morgan fingerprint density at radius 3 is 1.33 bits per heavy atom. The van der Waals surface area contributed by atoms with Crippen LogP contribution in [0, 0.1) is 6.08 Å². The Bertz CT molecular complexity index is 236. The standard InChI is InChI=1S/C5H5F2Ge.3C3H8O.Zr/c6-8(7)5-3-1-2-4-5;3*1-3(2)4;/h1,3,8H,2H2;3*3-4H,1-2H3;/q-1;;;;. The van der Waals surface area contributed by atoms with E-state index in [2.05, 4.69) is 6.08 Å². The van der Waals surface area contributed by atoms with E-state index in [0.29, 0.717) is 6.42 Å². The Labute approximate surface area is 152 Å². The molecule has 3 N–H and O–H groups in total. The van der Waals surface area contributed by atoms with Gasteiger partial charge in [-0.15, -0.1) is 0 Å². The van der Waals surface area contributed by atoms with Crippen molar-refractivity contribution < 1.29 is 48.5 Å². The fourth-order valence-corrected chi connectivity index (χ4v) is 1.73. The molecule has 0 spiro atoms. The van der Waals surface area contributed by atoms with Gasteiger partial charge < -0.3 is 15.3 Å². The van der Waals surface area contributed by atoms with Crippen molar-refractivity contribution in [2.24, 2.45) is 0 Å². The number of aliphatic hydroxyl groups is 3. The van der Waals surface area contributed by atoms with Crippen LogP contribution in [-0.2, 0) is 26.2 Å². The summed E-state index contributed by atoms with van der Waals surface area (Å²) in [5.74, 6) is 0. The van der Waals surface area contributed by atoms with Crippen LogP contribution in [0.25, 0.3) is 0 Å². The molecule has 1 rings (SSSR count). The maximum atomic E-state index is 11.8. The van der Waals surface area contributed by atoms with Gasteiger partial charge in [-0.05, 0) is 41.5 Å². The van der Waals surface area contributed by atoms with Gasteiger partial charge in [0, 0.05) is 44.5 Å². The van der Waals surface area contributed by atoms with Crippen LogP contribution in [0.1, 0.15) is 48.0 Å². The maximum Gasteiger partial charge on any atom is 0 e.